The molecule has 0 atom stereocenters. The molecule has 0 spiro atoms. The van der Waals surface area contributed by atoms with Crippen LogP contribution in [-0.4, -0.2) is 23.8 Å². The maximum Gasteiger partial charge on any atom is 0.0231 e. The van der Waals surface area contributed by atoms with Crippen molar-refractivity contribution >= 4 is 15.9 Å². The Hall–Kier alpha value is -0.340. The van der Waals surface area contributed by atoms with Gasteiger partial charge in [-0.2, -0.15) is 0 Å². The van der Waals surface area contributed by atoms with E-state index in [4.69, 9.17) is 0 Å². The fraction of sp³-hybridized carbons (Fsp3) is 0.455. The van der Waals surface area contributed by atoms with Crippen LogP contribution in [0.1, 0.15) is 11.1 Å². The minimum atomic E-state index is 1.03. The molecular formula is C11H16BrN. The van der Waals surface area contributed by atoms with Crippen molar-refractivity contribution in [3.05, 3.63) is 35.4 Å². The Morgan fingerprint density at radius 1 is 1.23 bits per heavy atom. The van der Waals surface area contributed by atoms with E-state index in [1.54, 1.807) is 0 Å². The molecule has 0 aliphatic heterocycles. The third-order valence-corrected chi connectivity index (χ3v) is 2.39. The molecular weight excluding hydrogens is 226 g/mol. The Labute approximate surface area is 88.9 Å². The van der Waals surface area contributed by atoms with Crippen LogP contribution in [0.5, 0.6) is 0 Å². The first kappa shape index (κ1) is 10.7. The molecule has 1 rings (SSSR count). The molecule has 1 nitrogen and oxygen atoms in total. The summed E-state index contributed by atoms with van der Waals surface area (Å²) in [7, 11) is 2.14. The predicted octanol–water partition coefficient (Wildman–Crippen LogP) is 2.82. The largest absolute Gasteiger partial charge is 0.301 e. The Bertz CT molecular complexity index is 243. The molecule has 0 aliphatic carbocycles. The van der Waals surface area contributed by atoms with Gasteiger partial charge in [-0.1, -0.05) is 45.8 Å². The fourth-order valence-corrected chi connectivity index (χ4v) is 1.83. The minimum Gasteiger partial charge on any atom is -0.301 e. The highest BCUT2D eigenvalue weighted by atomic mass is 79.9. The van der Waals surface area contributed by atoms with Crippen LogP contribution in [0.2, 0.25) is 0 Å². The number of benzene rings is 1. The molecule has 0 fully saturated rings. The predicted molar refractivity (Wildman–Crippen MR) is 61.3 cm³/mol. The molecule has 0 saturated heterocycles. The van der Waals surface area contributed by atoms with Crippen LogP contribution in [0.15, 0.2) is 24.3 Å². The minimum absolute atomic E-state index is 1.03. The zero-order chi connectivity index (χ0) is 9.68. The molecule has 0 aromatic heterocycles. The highest BCUT2D eigenvalue weighted by Crippen LogP contribution is 2.05. The summed E-state index contributed by atoms with van der Waals surface area (Å²) >= 11 is 3.43. The second kappa shape index (κ2) is 5.40. The van der Waals surface area contributed by atoms with Crippen molar-refractivity contribution in [1.82, 2.24) is 4.90 Å². The van der Waals surface area contributed by atoms with Crippen LogP contribution in [-0.2, 0) is 6.54 Å². The Kier molecular flexibility index (Phi) is 4.46. The first-order valence-corrected chi connectivity index (χ1v) is 5.64. The average Bonchev–Trinajstić information content (AvgIpc) is 2.09. The van der Waals surface area contributed by atoms with Crippen LogP contribution < -0.4 is 0 Å². The molecule has 2 heteroatoms. The van der Waals surface area contributed by atoms with Gasteiger partial charge in [0.1, 0.15) is 0 Å². The van der Waals surface area contributed by atoms with Crippen LogP contribution in [0.25, 0.3) is 0 Å². The third-order valence-electron chi connectivity index (χ3n) is 2.04. The number of hydrogen-bond acceptors (Lipinski definition) is 1. The number of nitrogens with zero attached hydrogens (tertiary/aromatic N) is 1. The normalized spacial score (nSPS) is 10.8. The van der Waals surface area contributed by atoms with E-state index in [2.05, 4.69) is 59.1 Å². The SMILES string of the molecule is Cc1ccc(CN(C)CCBr)cc1. The lowest BCUT2D eigenvalue weighted by Crippen LogP contribution is -2.19. The summed E-state index contributed by atoms with van der Waals surface area (Å²) in [4.78, 5) is 2.30. The van der Waals surface area contributed by atoms with E-state index >= 15 is 0 Å². The summed E-state index contributed by atoms with van der Waals surface area (Å²) in [6.45, 7) is 4.24. The van der Waals surface area contributed by atoms with Crippen LogP contribution >= 0.6 is 15.9 Å². The Balaban J connectivity index is 2.49. The van der Waals surface area contributed by atoms with Crippen LogP contribution in [0.4, 0.5) is 0 Å². The zero-order valence-corrected chi connectivity index (χ0v) is 9.84. The fourth-order valence-electron chi connectivity index (χ4n) is 1.23. The second-order valence-corrected chi connectivity index (χ2v) is 4.21. The second-order valence-electron chi connectivity index (χ2n) is 3.41. The van der Waals surface area contributed by atoms with Gasteiger partial charge < -0.3 is 4.90 Å². The smallest absolute Gasteiger partial charge is 0.0231 e. The highest BCUT2D eigenvalue weighted by Gasteiger charge is 1.98. The molecule has 0 unspecified atom stereocenters. The van der Waals surface area contributed by atoms with Gasteiger partial charge >= 0.3 is 0 Å². The number of hydrogen-bond donors (Lipinski definition) is 0. The van der Waals surface area contributed by atoms with Crippen molar-refractivity contribution in [2.75, 3.05) is 18.9 Å². The molecule has 0 amide bonds. The lowest BCUT2D eigenvalue weighted by Gasteiger charge is -2.14. The number of halogens is 1. The van der Waals surface area contributed by atoms with Gasteiger partial charge in [-0.05, 0) is 19.5 Å². The van der Waals surface area contributed by atoms with Crippen molar-refractivity contribution in [3.8, 4) is 0 Å². The zero-order valence-electron chi connectivity index (χ0n) is 8.26. The van der Waals surface area contributed by atoms with Gasteiger partial charge in [0.15, 0.2) is 0 Å². The van der Waals surface area contributed by atoms with Gasteiger partial charge in [0.2, 0.25) is 0 Å². The van der Waals surface area contributed by atoms with Crippen LogP contribution in [0.3, 0.4) is 0 Å². The van der Waals surface area contributed by atoms with Crippen molar-refractivity contribution in [2.45, 2.75) is 13.5 Å². The molecule has 1 aromatic rings. The van der Waals surface area contributed by atoms with Crippen LogP contribution in [0, 0.1) is 6.92 Å². The van der Waals surface area contributed by atoms with Crippen molar-refractivity contribution in [2.24, 2.45) is 0 Å². The van der Waals surface area contributed by atoms with E-state index in [1.807, 2.05) is 0 Å². The lowest BCUT2D eigenvalue weighted by atomic mass is 10.1. The first-order valence-electron chi connectivity index (χ1n) is 4.52. The monoisotopic (exact) mass is 241 g/mol. The molecule has 0 saturated carbocycles. The topological polar surface area (TPSA) is 3.24 Å². The number of rotatable bonds is 4. The molecule has 1 aromatic carbocycles. The van der Waals surface area contributed by atoms with Crippen molar-refractivity contribution in [3.63, 3.8) is 0 Å². The van der Waals surface area contributed by atoms with E-state index in [9.17, 15) is 0 Å². The molecule has 72 valence electrons. The molecule has 0 N–H and O–H groups in total. The van der Waals surface area contributed by atoms with Crippen molar-refractivity contribution in [1.29, 1.82) is 0 Å². The first-order chi connectivity index (χ1) is 6.22. The quantitative estimate of drug-likeness (QED) is 0.734. The van der Waals surface area contributed by atoms with Crippen molar-refractivity contribution < 1.29 is 0 Å². The van der Waals surface area contributed by atoms with E-state index in [1.165, 1.54) is 11.1 Å². The van der Waals surface area contributed by atoms with Gasteiger partial charge in [-0.15, -0.1) is 0 Å². The number of aryl methyl sites for hydroxylation is 1. The summed E-state index contributed by atoms with van der Waals surface area (Å²) in [6.07, 6.45) is 0. The highest BCUT2D eigenvalue weighted by molar-refractivity contribution is 9.09. The Morgan fingerprint density at radius 3 is 2.38 bits per heavy atom. The van der Waals surface area contributed by atoms with Gasteiger partial charge in [-0.3, -0.25) is 0 Å². The molecule has 0 bridgehead atoms. The van der Waals surface area contributed by atoms with Gasteiger partial charge in [0.25, 0.3) is 0 Å². The molecule has 0 aliphatic rings. The molecule has 0 heterocycles. The molecule has 0 radical (unpaired) electrons. The average molecular weight is 242 g/mol. The number of alkyl halides is 1. The summed E-state index contributed by atoms with van der Waals surface area (Å²) in [5, 5.41) is 1.04. The van der Waals surface area contributed by atoms with Gasteiger partial charge in [-0.25, -0.2) is 0 Å². The summed E-state index contributed by atoms with van der Waals surface area (Å²) in [5.74, 6) is 0. The summed E-state index contributed by atoms with van der Waals surface area (Å²) < 4.78 is 0. The standard InChI is InChI=1S/C11H16BrN/c1-10-3-5-11(6-4-10)9-13(2)8-7-12/h3-6H,7-9H2,1-2H3. The summed E-state index contributed by atoms with van der Waals surface area (Å²) in [5.41, 5.74) is 2.71. The lowest BCUT2D eigenvalue weighted by molar-refractivity contribution is 0.349. The van der Waals surface area contributed by atoms with Gasteiger partial charge in [0.05, 0.1) is 0 Å². The maximum atomic E-state index is 3.43. The van der Waals surface area contributed by atoms with E-state index in [0.717, 1.165) is 18.4 Å². The van der Waals surface area contributed by atoms with E-state index in [0.29, 0.717) is 0 Å². The summed E-state index contributed by atoms with van der Waals surface area (Å²) in [6, 6.07) is 8.72. The maximum absolute atomic E-state index is 3.43. The van der Waals surface area contributed by atoms with E-state index in [-0.39, 0.29) is 0 Å². The third kappa shape index (κ3) is 3.92. The molecule has 13 heavy (non-hydrogen) atoms. The van der Waals surface area contributed by atoms with E-state index < -0.39 is 0 Å². The Morgan fingerprint density at radius 2 is 1.85 bits per heavy atom. The van der Waals surface area contributed by atoms with Gasteiger partial charge in [0, 0.05) is 18.4 Å².